The Hall–Kier alpha value is -2.03. The summed E-state index contributed by atoms with van der Waals surface area (Å²) < 4.78 is 53.0. The Labute approximate surface area is 173 Å². The van der Waals surface area contributed by atoms with Gasteiger partial charge in [-0.1, -0.05) is 23.7 Å². The molecular weight excluding hydrogens is 422 g/mol. The van der Waals surface area contributed by atoms with Gasteiger partial charge in [-0.3, -0.25) is 4.79 Å². The molecule has 0 unspecified atom stereocenters. The first-order valence-electron chi connectivity index (χ1n) is 9.13. The second-order valence-electron chi connectivity index (χ2n) is 7.08. The summed E-state index contributed by atoms with van der Waals surface area (Å²) in [6.45, 7) is 0.725. The van der Waals surface area contributed by atoms with E-state index in [0.717, 1.165) is 17.7 Å². The first-order chi connectivity index (χ1) is 13.7. The highest BCUT2D eigenvalue weighted by molar-refractivity contribution is 7.89. The molecule has 9 heteroatoms. The molecule has 1 saturated heterocycles. The van der Waals surface area contributed by atoms with Crippen molar-refractivity contribution in [1.29, 1.82) is 0 Å². The Morgan fingerprint density at radius 3 is 2.31 bits per heavy atom. The minimum absolute atomic E-state index is 0.0511. The molecule has 0 radical (unpaired) electrons. The fourth-order valence-electron chi connectivity index (χ4n) is 3.38. The van der Waals surface area contributed by atoms with Crippen LogP contribution >= 0.6 is 11.6 Å². The average Bonchev–Trinajstić information content (AvgIpc) is 2.71. The van der Waals surface area contributed by atoms with Crippen LogP contribution in [-0.4, -0.2) is 43.7 Å². The minimum Gasteiger partial charge on any atom is -0.341 e. The quantitative estimate of drug-likeness (QED) is 0.709. The second-order valence-corrected chi connectivity index (χ2v) is 9.45. The summed E-state index contributed by atoms with van der Waals surface area (Å²) >= 11 is 5.87. The molecule has 3 rings (SSSR count). The van der Waals surface area contributed by atoms with Gasteiger partial charge >= 0.3 is 0 Å². The summed E-state index contributed by atoms with van der Waals surface area (Å²) in [6.07, 6.45) is 0.736. The maximum atomic E-state index is 13.4. The van der Waals surface area contributed by atoms with Crippen molar-refractivity contribution in [2.75, 3.05) is 20.1 Å². The van der Waals surface area contributed by atoms with Gasteiger partial charge in [-0.05, 0) is 48.7 Å². The van der Waals surface area contributed by atoms with Crippen LogP contribution in [0.2, 0.25) is 5.02 Å². The van der Waals surface area contributed by atoms with E-state index < -0.39 is 21.7 Å². The molecule has 0 spiro atoms. The molecule has 5 nitrogen and oxygen atoms in total. The number of carbonyl (C=O) groups excluding carboxylic acids is 1. The van der Waals surface area contributed by atoms with Crippen LogP contribution in [0, 0.1) is 17.6 Å². The summed E-state index contributed by atoms with van der Waals surface area (Å²) in [6, 6.07) is 9.75. The summed E-state index contributed by atoms with van der Waals surface area (Å²) in [4.78, 5) is 14.0. The lowest BCUT2D eigenvalue weighted by Crippen LogP contribution is -2.43. The Morgan fingerprint density at radius 1 is 1.10 bits per heavy atom. The van der Waals surface area contributed by atoms with Gasteiger partial charge in [-0.2, -0.15) is 4.31 Å². The van der Waals surface area contributed by atoms with Crippen molar-refractivity contribution in [3.8, 4) is 0 Å². The number of piperidine rings is 1. The van der Waals surface area contributed by atoms with Crippen molar-refractivity contribution in [2.45, 2.75) is 24.3 Å². The number of halogens is 3. The molecule has 1 aliphatic rings. The number of hydrogen-bond acceptors (Lipinski definition) is 3. The van der Waals surface area contributed by atoms with Gasteiger partial charge in [0.2, 0.25) is 15.9 Å². The Bertz CT molecular complexity index is 991. The van der Waals surface area contributed by atoms with E-state index in [4.69, 9.17) is 11.6 Å². The summed E-state index contributed by atoms with van der Waals surface area (Å²) in [7, 11) is -2.22. The number of amides is 1. The number of rotatable bonds is 5. The fraction of sp³-hybridized carbons (Fsp3) is 0.350. The molecule has 0 atom stereocenters. The molecule has 0 aromatic heterocycles. The summed E-state index contributed by atoms with van der Waals surface area (Å²) in [5.74, 6) is -2.65. The highest BCUT2D eigenvalue weighted by Gasteiger charge is 2.33. The maximum Gasteiger partial charge on any atom is 0.243 e. The van der Waals surface area contributed by atoms with Crippen molar-refractivity contribution in [3.63, 3.8) is 0 Å². The number of hydrogen-bond donors (Lipinski definition) is 0. The first-order valence-corrected chi connectivity index (χ1v) is 10.9. The molecule has 2 aromatic rings. The van der Waals surface area contributed by atoms with Crippen LogP contribution in [0.25, 0.3) is 0 Å². The van der Waals surface area contributed by atoms with E-state index in [1.165, 1.54) is 4.31 Å². The third-order valence-electron chi connectivity index (χ3n) is 5.04. The largest absolute Gasteiger partial charge is 0.341 e. The zero-order valence-electron chi connectivity index (χ0n) is 15.8. The van der Waals surface area contributed by atoms with Gasteiger partial charge in [-0.15, -0.1) is 0 Å². The number of benzene rings is 2. The molecule has 1 amide bonds. The number of carbonyl (C=O) groups is 1. The molecule has 1 aliphatic heterocycles. The lowest BCUT2D eigenvalue weighted by Gasteiger charge is -2.32. The van der Waals surface area contributed by atoms with Crippen LogP contribution in [0.1, 0.15) is 18.4 Å². The SMILES string of the molecule is CN(Cc1ccc(Cl)cc1)C(=O)C1CCN(S(=O)(=O)c2ccc(F)c(F)c2)CC1. The van der Waals surface area contributed by atoms with Gasteiger partial charge in [0.1, 0.15) is 0 Å². The van der Waals surface area contributed by atoms with Crippen LogP contribution < -0.4 is 0 Å². The standard InChI is InChI=1S/C20H21ClF2N2O3S/c1-24(13-14-2-4-16(21)5-3-14)20(26)15-8-10-25(11-9-15)29(27,28)17-6-7-18(22)19(23)12-17/h2-7,12,15H,8-11,13H2,1H3. The van der Waals surface area contributed by atoms with E-state index in [1.54, 1.807) is 24.1 Å². The summed E-state index contributed by atoms with van der Waals surface area (Å²) in [5.41, 5.74) is 0.948. The first kappa shape index (κ1) is 21.7. The van der Waals surface area contributed by atoms with Crippen LogP contribution in [-0.2, 0) is 21.4 Å². The predicted octanol–water partition coefficient (Wildman–Crippen LogP) is 3.68. The Kier molecular flexibility index (Phi) is 6.55. The minimum atomic E-state index is -3.93. The number of sulfonamides is 1. The molecule has 1 heterocycles. The van der Waals surface area contributed by atoms with Crippen molar-refractivity contribution < 1.29 is 22.0 Å². The van der Waals surface area contributed by atoms with Crippen molar-refractivity contribution in [1.82, 2.24) is 9.21 Å². The monoisotopic (exact) mass is 442 g/mol. The fourth-order valence-corrected chi connectivity index (χ4v) is 4.99. The Balaban J connectivity index is 1.61. The van der Waals surface area contributed by atoms with E-state index in [0.29, 0.717) is 30.5 Å². The molecule has 0 bridgehead atoms. The predicted molar refractivity (Wildman–Crippen MR) is 106 cm³/mol. The lowest BCUT2D eigenvalue weighted by atomic mass is 9.96. The molecule has 0 saturated carbocycles. The highest BCUT2D eigenvalue weighted by Crippen LogP contribution is 2.26. The van der Waals surface area contributed by atoms with E-state index in [-0.39, 0.29) is 29.8 Å². The van der Waals surface area contributed by atoms with E-state index in [1.807, 2.05) is 12.1 Å². The molecule has 2 aromatic carbocycles. The van der Waals surface area contributed by atoms with Gasteiger partial charge in [0.25, 0.3) is 0 Å². The second kappa shape index (κ2) is 8.77. The van der Waals surface area contributed by atoms with Gasteiger partial charge in [-0.25, -0.2) is 17.2 Å². The highest BCUT2D eigenvalue weighted by atomic mass is 35.5. The van der Waals surface area contributed by atoms with Crippen molar-refractivity contribution >= 4 is 27.5 Å². The van der Waals surface area contributed by atoms with Gasteiger partial charge in [0.15, 0.2) is 11.6 Å². The van der Waals surface area contributed by atoms with Gasteiger partial charge in [0, 0.05) is 37.6 Å². The van der Waals surface area contributed by atoms with Crippen LogP contribution in [0.3, 0.4) is 0 Å². The molecular formula is C20H21ClF2N2O3S. The number of nitrogens with zero attached hydrogens (tertiary/aromatic N) is 2. The third kappa shape index (κ3) is 4.94. The third-order valence-corrected chi connectivity index (χ3v) is 7.19. The smallest absolute Gasteiger partial charge is 0.243 e. The van der Waals surface area contributed by atoms with E-state index >= 15 is 0 Å². The molecule has 0 N–H and O–H groups in total. The van der Waals surface area contributed by atoms with E-state index in [2.05, 4.69) is 0 Å². The zero-order valence-corrected chi connectivity index (χ0v) is 17.4. The Morgan fingerprint density at radius 2 is 1.72 bits per heavy atom. The molecule has 1 fully saturated rings. The molecule has 29 heavy (non-hydrogen) atoms. The van der Waals surface area contributed by atoms with Gasteiger partial charge in [0.05, 0.1) is 4.90 Å². The lowest BCUT2D eigenvalue weighted by molar-refractivity contribution is -0.135. The van der Waals surface area contributed by atoms with Crippen molar-refractivity contribution in [3.05, 3.63) is 64.7 Å². The van der Waals surface area contributed by atoms with Crippen LogP contribution in [0.4, 0.5) is 8.78 Å². The average molecular weight is 443 g/mol. The van der Waals surface area contributed by atoms with Crippen LogP contribution in [0.5, 0.6) is 0 Å². The topological polar surface area (TPSA) is 57.7 Å². The van der Waals surface area contributed by atoms with Crippen molar-refractivity contribution in [2.24, 2.45) is 5.92 Å². The van der Waals surface area contributed by atoms with Gasteiger partial charge < -0.3 is 4.90 Å². The normalized spacial score (nSPS) is 16.0. The zero-order chi connectivity index (χ0) is 21.2. The maximum absolute atomic E-state index is 13.4. The van der Waals surface area contributed by atoms with Crippen LogP contribution in [0.15, 0.2) is 47.4 Å². The molecule has 0 aliphatic carbocycles. The molecule has 156 valence electrons. The van der Waals surface area contributed by atoms with E-state index in [9.17, 15) is 22.0 Å². The summed E-state index contributed by atoms with van der Waals surface area (Å²) in [5, 5.41) is 0.623.